The Morgan fingerprint density at radius 2 is 2.10 bits per heavy atom. The zero-order valence-electron chi connectivity index (χ0n) is 12.4. The van der Waals surface area contributed by atoms with Gasteiger partial charge in [0, 0.05) is 26.6 Å². The van der Waals surface area contributed by atoms with Gasteiger partial charge in [0.2, 0.25) is 15.9 Å². The lowest BCUT2D eigenvalue weighted by molar-refractivity contribution is 0.161. The molecule has 2 N–H and O–H groups in total. The minimum Gasteiger partial charge on any atom is -0.381 e. The summed E-state index contributed by atoms with van der Waals surface area (Å²) in [5, 5.41) is 3.86. The van der Waals surface area contributed by atoms with Crippen molar-refractivity contribution in [3.8, 4) is 0 Å². The standard InChI is InChI=1S/C12H22N4O4S/c1-3-19-8-9-21(17,18)16-6-4-12(13,5-7-16)11-14-10(2)20-15-11/h3-9,13H2,1-2H3. The Kier molecular flexibility index (Phi) is 4.97. The van der Waals surface area contributed by atoms with E-state index in [9.17, 15) is 8.42 Å². The molecule has 9 heteroatoms. The molecular formula is C12H22N4O4S. The second kappa shape index (κ2) is 6.39. The van der Waals surface area contributed by atoms with Crippen molar-refractivity contribution < 1.29 is 17.7 Å². The van der Waals surface area contributed by atoms with Gasteiger partial charge < -0.3 is 15.0 Å². The fourth-order valence-corrected chi connectivity index (χ4v) is 3.65. The molecule has 0 aliphatic carbocycles. The zero-order valence-corrected chi connectivity index (χ0v) is 13.2. The number of nitrogens with two attached hydrogens (primary N) is 1. The topological polar surface area (TPSA) is 112 Å². The highest BCUT2D eigenvalue weighted by atomic mass is 32.2. The van der Waals surface area contributed by atoms with Crippen LogP contribution in [0.4, 0.5) is 0 Å². The highest BCUT2D eigenvalue weighted by Gasteiger charge is 2.39. The van der Waals surface area contributed by atoms with Crippen molar-refractivity contribution in [3.05, 3.63) is 11.7 Å². The molecule has 2 heterocycles. The maximum atomic E-state index is 12.2. The molecule has 0 unspecified atom stereocenters. The first-order chi connectivity index (χ1) is 9.87. The fourth-order valence-electron chi connectivity index (χ4n) is 2.33. The van der Waals surface area contributed by atoms with E-state index in [4.69, 9.17) is 15.0 Å². The molecule has 0 radical (unpaired) electrons. The summed E-state index contributed by atoms with van der Waals surface area (Å²) in [5.41, 5.74) is 5.57. The quantitative estimate of drug-likeness (QED) is 0.734. The van der Waals surface area contributed by atoms with E-state index in [0.717, 1.165) is 0 Å². The van der Waals surface area contributed by atoms with Crippen molar-refractivity contribution >= 4 is 10.0 Å². The average molecular weight is 318 g/mol. The molecule has 21 heavy (non-hydrogen) atoms. The summed E-state index contributed by atoms with van der Waals surface area (Å²) in [7, 11) is -3.29. The third kappa shape index (κ3) is 3.79. The van der Waals surface area contributed by atoms with Gasteiger partial charge >= 0.3 is 0 Å². The van der Waals surface area contributed by atoms with Gasteiger partial charge in [0.25, 0.3) is 0 Å². The summed E-state index contributed by atoms with van der Waals surface area (Å²) in [6.45, 7) is 4.99. The van der Waals surface area contributed by atoms with Crippen LogP contribution in [0.3, 0.4) is 0 Å². The number of aryl methyl sites for hydroxylation is 1. The Morgan fingerprint density at radius 3 is 2.62 bits per heavy atom. The molecule has 1 aromatic rings. The second-order valence-electron chi connectivity index (χ2n) is 5.21. The summed E-state index contributed by atoms with van der Waals surface area (Å²) in [4.78, 5) is 4.16. The molecule has 0 atom stereocenters. The first-order valence-electron chi connectivity index (χ1n) is 7.02. The molecule has 0 saturated carbocycles. The van der Waals surface area contributed by atoms with Gasteiger partial charge in [-0.15, -0.1) is 0 Å². The zero-order chi connectivity index (χ0) is 15.5. The van der Waals surface area contributed by atoms with Crippen LogP contribution < -0.4 is 5.73 Å². The van der Waals surface area contributed by atoms with Crippen molar-refractivity contribution in [1.29, 1.82) is 0 Å². The third-order valence-corrected chi connectivity index (χ3v) is 5.51. The Labute approximate surface area is 124 Å². The van der Waals surface area contributed by atoms with E-state index in [1.807, 2.05) is 6.92 Å². The van der Waals surface area contributed by atoms with E-state index >= 15 is 0 Å². The van der Waals surface area contributed by atoms with Gasteiger partial charge in [0.1, 0.15) is 0 Å². The number of nitrogens with zero attached hydrogens (tertiary/aromatic N) is 3. The average Bonchev–Trinajstić information content (AvgIpc) is 2.87. The molecule has 120 valence electrons. The van der Waals surface area contributed by atoms with Gasteiger partial charge in [-0.2, -0.15) is 4.98 Å². The molecule has 0 amide bonds. The molecule has 0 spiro atoms. The second-order valence-corrected chi connectivity index (χ2v) is 7.29. The van der Waals surface area contributed by atoms with Crippen LogP contribution in [0.1, 0.15) is 31.5 Å². The third-order valence-electron chi connectivity index (χ3n) is 3.67. The maximum absolute atomic E-state index is 12.2. The lowest BCUT2D eigenvalue weighted by Crippen LogP contribution is -2.51. The van der Waals surface area contributed by atoms with E-state index in [1.54, 1.807) is 6.92 Å². The molecule has 0 aromatic carbocycles. The molecule has 1 fully saturated rings. The van der Waals surface area contributed by atoms with Gasteiger partial charge in [-0.05, 0) is 19.8 Å². The summed E-state index contributed by atoms with van der Waals surface area (Å²) >= 11 is 0. The van der Waals surface area contributed by atoms with Crippen molar-refractivity contribution in [1.82, 2.24) is 14.4 Å². The summed E-state index contributed by atoms with van der Waals surface area (Å²) in [6, 6.07) is 0. The summed E-state index contributed by atoms with van der Waals surface area (Å²) in [6.07, 6.45) is 0.944. The Balaban J connectivity index is 1.96. The fraction of sp³-hybridized carbons (Fsp3) is 0.833. The van der Waals surface area contributed by atoms with Crippen molar-refractivity contribution in [2.75, 3.05) is 32.1 Å². The van der Waals surface area contributed by atoms with Crippen LogP contribution in [0.25, 0.3) is 0 Å². The number of ether oxygens (including phenoxy) is 1. The van der Waals surface area contributed by atoms with E-state index < -0.39 is 15.6 Å². The Morgan fingerprint density at radius 1 is 1.43 bits per heavy atom. The van der Waals surface area contributed by atoms with Gasteiger partial charge in [-0.25, -0.2) is 12.7 Å². The Hall–Kier alpha value is -1.03. The van der Waals surface area contributed by atoms with Crippen LogP contribution in [0.5, 0.6) is 0 Å². The summed E-state index contributed by atoms with van der Waals surface area (Å²) < 4.78 is 35.9. The van der Waals surface area contributed by atoms with Crippen LogP contribution >= 0.6 is 0 Å². The van der Waals surface area contributed by atoms with Crippen LogP contribution in [-0.2, 0) is 20.3 Å². The number of piperidine rings is 1. The minimum atomic E-state index is -3.29. The lowest BCUT2D eigenvalue weighted by Gasteiger charge is -2.36. The van der Waals surface area contributed by atoms with E-state index in [0.29, 0.717) is 44.3 Å². The lowest BCUT2D eigenvalue weighted by atomic mass is 9.89. The van der Waals surface area contributed by atoms with Gasteiger partial charge in [-0.3, -0.25) is 0 Å². The Bertz CT molecular complexity index is 564. The maximum Gasteiger partial charge on any atom is 0.223 e. The number of hydrogen-bond acceptors (Lipinski definition) is 7. The number of sulfonamides is 1. The molecule has 2 rings (SSSR count). The highest BCUT2D eigenvalue weighted by molar-refractivity contribution is 7.89. The first-order valence-corrected chi connectivity index (χ1v) is 8.63. The first kappa shape index (κ1) is 16.3. The largest absolute Gasteiger partial charge is 0.381 e. The minimum absolute atomic E-state index is 0.000268. The SMILES string of the molecule is CCOCCS(=O)(=O)N1CCC(N)(c2noc(C)n2)CC1. The monoisotopic (exact) mass is 318 g/mol. The molecule has 1 aromatic heterocycles. The predicted octanol–water partition coefficient (Wildman–Crippen LogP) is -0.00588. The smallest absolute Gasteiger partial charge is 0.223 e. The van der Waals surface area contributed by atoms with E-state index in [-0.39, 0.29) is 12.4 Å². The van der Waals surface area contributed by atoms with Crippen LogP contribution in [0.2, 0.25) is 0 Å². The highest BCUT2D eigenvalue weighted by Crippen LogP contribution is 2.29. The van der Waals surface area contributed by atoms with Crippen molar-refractivity contribution in [2.24, 2.45) is 5.73 Å². The molecule has 1 aliphatic rings. The van der Waals surface area contributed by atoms with Crippen molar-refractivity contribution in [2.45, 2.75) is 32.2 Å². The van der Waals surface area contributed by atoms with Gasteiger partial charge in [-0.1, -0.05) is 5.16 Å². The molecular weight excluding hydrogens is 296 g/mol. The number of aromatic nitrogens is 2. The summed E-state index contributed by atoms with van der Waals surface area (Å²) in [5.74, 6) is 0.910. The number of hydrogen-bond donors (Lipinski definition) is 1. The normalized spacial score (nSPS) is 19.8. The van der Waals surface area contributed by atoms with Crippen LogP contribution in [-0.4, -0.2) is 54.9 Å². The molecule has 0 bridgehead atoms. The number of rotatable bonds is 6. The van der Waals surface area contributed by atoms with Crippen LogP contribution in [0.15, 0.2) is 4.52 Å². The van der Waals surface area contributed by atoms with Gasteiger partial charge in [0.05, 0.1) is 17.9 Å². The van der Waals surface area contributed by atoms with Gasteiger partial charge in [0.15, 0.2) is 5.82 Å². The van der Waals surface area contributed by atoms with Crippen LogP contribution in [0, 0.1) is 6.92 Å². The van der Waals surface area contributed by atoms with E-state index in [1.165, 1.54) is 4.31 Å². The molecule has 8 nitrogen and oxygen atoms in total. The molecule has 1 saturated heterocycles. The molecule has 1 aliphatic heterocycles. The van der Waals surface area contributed by atoms with Crippen molar-refractivity contribution in [3.63, 3.8) is 0 Å². The predicted molar refractivity (Wildman–Crippen MR) is 76.0 cm³/mol. The van der Waals surface area contributed by atoms with E-state index in [2.05, 4.69) is 10.1 Å².